The van der Waals surface area contributed by atoms with Crippen LogP contribution in [0.5, 0.6) is 0 Å². The van der Waals surface area contributed by atoms with E-state index in [9.17, 15) is 4.79 Å². The van der Waals surface area contributed by atoms with Crippen molar-refractivity contribution in [2.75, 3.05) is 19.6 Å². The molecule has 2 aliphatic rings. The van der Waals surface area contributed by atoms with Crippen molar-refractivity contribution in [1.29, 1.82) is 0 Å². The summed E-state index contributed by atoms with van der Waals surface area (Å²) >= 11 is 1.65. The molecule has 4 heterocycles. The number of amides is 1. The zero-order chi connectivity index (χ0) is 17.1. The molecule has 4 rings (SSSR count). The van der Waals surface area contributed by atoms with Crippen LogP contribution >= 0.6 is 11.3 Å². The van der Waals surface area contributed by atoms with E-state index in [0.29, 0.717) is 13.0 Å². The minimum Gasteiger partial charge on any atom is -0.336 e. The molecule has 0 bridgehead atoms. The molecule has 2 aromatic heterocycles. The Labute approximate surface area is 152 Å². The summed E-state index contributed by atoms with van der Waals surface area (Å²) in [4.78, 5) is 18.3. The first-order valence-corrected chi connectivity index (χ1v) is 10.1. The largest absolute Gasteiger partial charge is 0.336 e. The standard InChI is InChI=1S/C18H25N5OS/c24-18(12-15-6-4-11-25-15)22-9-5-10-23-17(14-22)16(19-20-23)13-21-7-2-1-3-8-21/h4,6,11H,1-3,5,7-10,12-14H2. The van der Waals surface area contributed by atoms with Crippen LogP contribution in [-0.2, 0) is 30.8 Å². The third-order valence-electron chi connectivity index (χ3n) is 5.14. The lowest BCUT2D eigenvalue weighted by atomic mass is 10.1. The lowest BCUT2D eigenvalue weighted by molar-refractivity contribution is -0.131. The highest BCUT2D eigenvalue weighted by Gasteiger charge is 2.24. The third-order valence-corrected chi connectivity index (χ3v) is 6.01. The van der Waals surface area contributed by atoms with E-state index in [0.717, 1.165) is 55.4 Å². The smallest absolute Gasteiger partial charge is 0.228 e. The Morgan fingerprint density at radius 1 is 1.12 bits per heavy atom. The molecule has 1 amide bonds. The van der Waals surface area contributed by atoms with Crippen LogP contribution in [0, 0.1) is 0 Å². The molecule has 2 aliphatic heterocycles. The highest BCUT2D eigenvalue weighted by molar-refractivity contribution is 7.10. The van der Waals surface area contributed by atoms with E-state index < -0.39 is 0 Å². The normalized spacial score (nSPS) is 18.8. The van der Waals surface area contributed by atoms with Crippen molar-refractivity contribution in [3.05, 3.63) is 33.8 Å². The summed E-state index contributed by atoms with van der Waals surface area (Å²) in [7, 11) is 0. The van der Waals surface area contributed by atoms with Crippen LogP contribution in [-0.4, -0.2) is 50.3 Å². The van der Waals surface area contributed by atoms with Gasteiger partial charge in [-0.3, -0.25) is 9.69 Å². The first-order chi connectivity index (χ1) is 12.3. The lowest BCUT2D eigenvalue weighted by Gasteiger charge is -2.26. The van der Waals surface area contributed by atoms with Gasteiger partial charge in [0.05, 0.1) is 18.7 Å². The lowest BCUT2D eigenvalue weighted by Crippen LogP contribution is -2.33. The van der Waals surface area contributed by atoms with E-state index in [1.807, 2.05) is 27.1 Å². The summed E-state index contributed by atoms with van der Waals surface area (Å²) in [6, 6.07) is 4.04. The number of hydrogen-bond acceptors (Lipinski definition) is 5. The van der Waals surface area contributed by atoms with Crippen LogP contribution in [0.3, 0.4) is 0 Å². The topological polar surface area (TPSA) is 54.3 Å². The molecule has 1 saturated heterocycles. The second-order valence-corrected chi connectivity index (χ2v) is 8.00. The van der Waals surface area contributed by atoms with Crippen molar-refractivity contribution in [2.45, 2.75) is 51.7 Å². The summed E-state index contributed by atoms with van der Waals surface area (Å²) in [5, 5.41) is 10.8. The summed E-state index contributed by atoms with van der Waals surface area (Å²) in [5.41, 5.74) is 2.18. The van der Waals surface area contributed by atoms with Crippen molar-refractivity contribution in [3.8, 4) is 0 Å². The zero-order valence-corrected chi connectivity index (χ0v) is 15.4. The molecule has 0 unspecified atom stereocenters. The van der Waals surface area contributed by atoms with Crippen LogP contribution in [0.25, 0.3) is 0 Å². The Bertz CT molecular complexity index is 705. The molecule has 0 spiro atoms. The maximum absolute atomic E-state index is 12.7. The third kappa shape index (κ3) is 3.93. The molecule has 25 heavy (non-hydrogen) atoms. The van der Waals surface area contributed by atoms with Gasteiger partial charge in [-0.2, -0.15) is 0 Å². The molecular weight excluding hydrogens is 334 g/mol. The maximum atomic E-state index is 12.7. The van der Waals surface area contributed by atoms with Crippen molar-refractivity contribution in [2.24, 2.45) is 0 Å². The van der Waals surface area contributed by atoms with Gasteiger partial charge in [-0.1, -0.05) is 17.7 Å². The Morgan fingerprint density at radius 3 is 2.80 bits per heavy atom. The fraction of sp³-hybridized carbons (Fsp3) is 0.611. The van der Waals surface area contributed by atoms with Gasteiger partial charge in [-0.05, 0) is 43.8 Å². The molecule has 0 atom stereocenters. The number of fused-ring (bicyclic) bond motifs is 1. The summed E-state index contributed by atoms with van der Waals surface area (Å²) in [6.45, 7) is 5.45. The summed E-state index contributed by atoms with van der Waals surface area (Å²) in [6.07, 6.45) is 5.32. The SMILES string of the molecule is O=C(Cc1cccs1)N1CCCn2nnc(CN3CCCCC3)c2C1. The Hall–Kier alpha value is -1.73. The molecule has 134 valence electrons. The first kappa shape index (κ1) is 16.7. The van der Waals surface area contributed by atoms with Gasteiger partial charge in [0, 0.05) is 24.5 Å². The number of carbonyl (C=O) groups is 1. The average molecular weight is 359 g/mol. The van der Waals surface area contributed by atoms with Gasteiger partial charge in [0.25, 0.3) is 0 Å². The number of thiophene rings is 1. The highest BCUT2D eigenvalue weighted by Crippen LogP contribution is 2.20. The minimum absolute atomic E-state index is 0.209. The van der Waals surface area contributed by atoms with Gasteiger partial charge >= 0.3 is 0 Å². The molecule has 0 saturated carbocycles. The number of carbonyl (C=O) groups excluding carboxylic acids is 1. The van der Waals surface area contributed by atoms with E-state index in [-0.39, 0.29) is 5.91 Å². The zero-order valence-electron chi connectivity index (χ0n) is 14.6. The Morgan fingerprint density at radius 2 is 2.00 bits per heavy atom. The fourth-order valence-electron chi connectivity index (χ4n) is 3.73. The number of rotatable bonds is 4. The van der Waals surface area contributed by atoms with E-state index in [2.05, 4.69) is 15.2 Å². The Kier molecular flexibility index (Phi) is 5.12. The monoisotopic (exact) mass is 359 g/mol. The second kappa shape index (κ2) is 7.66. The van der Waals surface area contributed by atoms with Gasteiger partial charge in [-0.25, -0.2) is 4.68 Å². The molecule has 7 heteroatoms. The first-order valence-electron chi connectivity index (χ1n) is 9.23. The highest BCUT2D eigenvalue weighted by atomic mass is 32.1. The molecule has 2 aromatic rings. The quantitative estimate of drug-likeness (QED) is 0.841. The predicted octanol–water partition coefficient (Wildman–Crippen LogP) is 2.30. The molecule has 0 radical (unpaired) electrons. The average Bonchev–Trinajstić information content (AvgIpc) is 3.21. The molecular formula is C18H25N5OS. The minimum atomic E-state index is 0.209. The van der Waals surface area contributed by atoms with Crippen molar-refractivity contribution < 1.29 is 4.79 Å². The van der Waals surface area contributed by atoms with Crippen LogP contribution in [0.4, 0.5) is 0 Å². The molecule has 0 aliphatic carbocycles. The Balaban J connectivity index is 1.47. The van der Waals surface area contributed by atoms with Crippen LogP contribution in [0.1, 0.15) is 41.9 Å². The predicted molar refractivity (Wildman–Crippen MR) is 97.2 cm³/mol. The molecule has 0 aromatic carbocycles. The van der Waals surface area contributed by atoms with E-state index in [1.54, 1.807) is 11.3 Å². The van der Waals surface area contributed by atoms with Crippen LogP contribution < -0.4 is 0 Å². The number of hydrogen-bond donors (Lipinski definition) is 0. The fourth-order valence-corrected chi connectivity index (χ4v) is 4.43. The van der Waals surface area contributed by atoms with Gasteiger partial charge in [0.15, 0.2) is 0 Å². The van der Waals surface area contributed by atoms with E-state index >= 15 is 0 Å². The number of piperidine rings is 1. The van der Waals surface area contributed by atoms with Crippen molar-refractivity contribution >= 4 is 17.2 Å². The van der Waals surface area contributed by atoms with Crippen molar-refractivity contribution in [3.63, 3.8) is 0 Å². The van der Waals surface area contributed by atoms with Gasteiger partial charge in [-0.15, -0.1) is 16.4 Å². The maximum Gasteiger partial charge on any atom is 0.228 e. The van der Waals surface area contributed by atoms with E-state index in [1.165, 1.54) is 19.3 Å². The summed E-state index contributed by atoms with van der Waals surface area (Å²) in [5.74, 6) is 0.209. The second-order valence-electron chi connectivity index (χ2n) is 6.97. The number of nitrogens with zero attached hydrogens (tertiary/aromatic N) is 5. The van der Waals surface area contributed by atoms with Crippen molar-refractivity contribution in [1.82, 2.24) is 24.8 Å². The van der Waals surface area contributed by atoms with Crippen LogP contribution in [0.15, 0.2) is 17.5 Å². The number of aromatic nitrogens is 3. The van der Waals surface area contributed by atoms with E-state index in [4.69, 9.17) is 0 Å². The number of likely N-dealkylation sites (tertiary alicyclic amines) is 1. The molecule has 6 nitrogen and oxygen atoms in total. The van der Waals surface area contributed by atoms with Crippen LogP contribution in [0.2, 0.25) is 0 Å². The molecule has 0 N–H and O–H groups in total. The molecule has 1 fully saturated rings. The van der Waals surface area contributed by atoms with Gasteiger partial charge in [0.2, 0.25) is 5.91 Å². The number of aryl methyl sites for hydroxylation is 1. The summed E-state index contributed by atoms with van der Waals surface area (Å²) < 4.78 is 2.01. The van der Waals surface area contributed by atoms with Gasteiger partial charge < -0.3 is 4.90 Å². The van der Waals surface area contributed by atoms with Gasteiger partial charge in [0.1, 0.15) is 5.69 Å².